The summed E-state index contributed by atoms with van der Waals surface area (Å²) >= 11 is 0. The fourth-order valence-corrected chi connectivity index (χ4v) is 2.54. The number of hydrogen-bond donors (Lipinski definition) is 0. The Morgan fingerprint density at radius 2 is 1.79 bits per heavy atom. The van der Waals surface area contributed by atoms with Crippen LogP contribution in [0.1, 0.15) is 17.0 Å². The molecule has 0 radical (unpaired) electrons. The van der Waals surface area contributed by atoms with Crippen molar-refractivity contribution >= 4 is 23.4 Å². The van der Waals surface area contributed by atoms with Crippen LogP contribution in [0.4, 0.5) is 4.39 Å². The van der Waals surface area contributed by atoms with Gasteiger partial charge >= 0.3 is 5.97 Å². The zero-order chi connectivity index (χ0) is 19.9. The van der Waals surface area contributed by atoms with E-state index in [1.807, 2.05) is 18.2 Å². The van der Waals surface area contributed by atoms with Gasteiger partial charge in [0.25, 0.3) is 5.89 Å². The average molecular weight is 380 g/mol. The maximum Gasteiger partial charge on any atom is 0.341 e. The SMILES string of the molecule is COC=C(C(=O)OC)c1ccccc1C=C(F)c1nc(-c2ccccc2)no1. The Balaban J connectivity index is 1.97. The van der Waals surface area contributed by atoms with Crippen molar-refractivity contribution in [3.8, 4) is 11.4 Å². The number of halogens is 1. The van der Waals surface area contributed by atoms with Crippen LogP contribution in [0.2, 0.25) is 0 Å². The van der Waals surface area contributed by atoms with Gasteiger partial charge in [0, 0.05) is 5.56 Å². The molecule has 0 spiro atoms. The number of aromatic nitrogens is 2. The topological polar surface area (TPSA) is 74.5 Å². The van der Waals surface area contributed by atoms with Gasteiger partial charge in [-0.05, 0) is 17.2 Å². The van der Waals surface area contributed by atoms with Crippen LogP contribution < -0.4 is 0 Å². The number of benzene rings is 2. The lowest BCUT2D eigenvalue weighted by Crippen LogP contribution is -2.05. The molecule has 0 aliphatic rings. The molecule has 2 aromatic carbocycles. The van der Waals surface area contributed by atoms with E-state index < -0.39 is 11.8 Å². The van der Waals surface area contributed by atoms with Crippen LogP contribution in [-0.2, 0) is 14.3 Å². The van der Waals surface area contributed by atoms with Gasteiger partial charge in [0.2, 0.25) is 5.82 Å². The number of nitrogens with zero attached hydrogens (tertiary/aromatic N) is 2. The number of methoxy groups -OCH3 is 2. The third-order valence-corrected chi connectivity index (χ3v) is 3.84. The first-order chi connectivity index (χ1) is 13.6. The van der Waals surface area contributed by atoms with Crippen molar-refractivity contribution in [1.29, 1.82) is 0 Å². The van der Waals surface area contributed by atoms with Crippen molar-refractivity contribution in [2.75, 3.05) is 14.2 Å². The monoisotopic (exact) mass is 380 g/mol. The van der Waals surface area contributed by atoms with Crippen molar-refractivity contribution in [2.24, 2.45) is 0 Å². The molecule has 1 aromatic heterocycles. The summed E-state index contributed by atoms with van der Waals surface area (Å²) in [5.74, 6) is -1.32. The van der Waals surface area contributed by atoms with Crippen molar-refractivity contribution in [3.63, 3.8) is 0 Å². The fraction of sp³-hybridized carbons (Fsp3) is 0.0952. The molecule has 0 unspecified atom stereocenters. The highest BCUT2D eigenvalue weighted by Gasteiger charge is 2.18. The molecular formula is C21H17FN2O4. The fourth-order valence-electron chi connectivity index (χ4n) is 2.54. The molecular weight excluding hydrogens is 363 g/mol. The van der Waals surface area contributed by atoms with Crippen LogP contribution in [-0.4, -0.2) is 30.3 Å². The number of carbonyl (C=O) groups is 1. The summed E-state index contributed by atoms with van der Waals surface area (Å²) in [7, 11) is 2.67. The predicted molar refractivity (Wildman–Crippen MR) is 102 cm³/mol. The molecule has 0 aliphatic carbocycles. The second-order valence-corrected chi connectivity index (χ2v) is 5.63. The van der Waals surface area contributed by atoms with Crippen LogP contribution in [0.15, 0.2) is 65.4 Å². The first kappa shape index (κ1) is 19.0. The number of carbonyl (C=O) groups excluding carboxylic acids is 1. The van der Waals surface area contributed by atoms with Crippen LogP contribution >= 0.6 is 0 Å². The molecule has 0 saturated heterocycles. The minimum absolute atomic E-state index is 0.153. The number of rotatable bonds is 6. The lowest BCUT2D eigenvalue weighted by molar-refractivity contribution is -0.133. The molecule has 3 rings (SSSR count). The second kappa shape index (κ2) is 8.77. The van der Waals surface area contributed by atoms with Gasteiger partial charge in [-0.3, -0.25) is 0 Å². The average Bonchev–Trinajstić information content (AvgIpc) is 3.23. The molecule has 0 aliphatic heterocycles. The van der Waals surface area contributed by atoms with E-state index in [9.17, 15) is 9.18 Å². The Bertz CT molecular complexity index is 1030. The minimum Gasteiger partial charge on any atom is -0.503 e. The van der Waals surface area contributed by atoms with Gasteiger partial charge in [-0.25, -0.2) is 9.18 Å². The summed E-state index contributed by atoms with van der Waals surface area (Å²) in [5, 5.41) is 3.81. The van der Waals surface area contributed by atoms with E-state index in [0.717, 1.165) is 0 Å². The van der Waals surface area contributed by atoms with Crippen molar-refractivity contribution in [1.82, 2.24) is 10.1 Å². The van der Waals surface area contributed by atoms with Gasteiger partial charge in [-0.2, -0.15) is 4.98 Å². The van der Waals surface area contributed by atoms with Gasteiger partial charge in [0.15, 0.2) is 5.83 Å². The van der Waals surface area contributed by atoms with Gasteiger partial charge in [-0.15, -0.1) is 0 Å². The van der Waals surface area contributed by atoms with Gasteiger partial charge in [-0.1, -0.05) is 59.8 Å². The maximum atomic E-state index is 14.8. The van der Waals surface area contributed by atoms with Crippen LogP contribution in [0.25, 0.3) is 28.9 Å². The normalized spacial score (nSPS) is 12.0. The molecule has 0 saturated carbocycles. The van der Waals surface area contributed by atoms with Crippen LogP contribution in [0.5, 0.6) is 0 Å². The summed E-state index contributed by atoms with van der Waals surface area (Å²) in [5.41, 5.74) is 1.73. The zero-order valence-electron chi connectivity index (χ0n) is 15.3. The Morgan fingerprint density at radius 3 is 2.50 bits per heavy atom. The summed E-state index contributed by atoms with van der Waals surface area (Å²) in [6, 6.07) is 15.8. The van der Waals surface area contributed by atoms with Crippen molar-refractivity contribution in [3.05, 3.63) is 77.9 Å². The highest BCUT2D eigenvalue weighted by atomic mass is 19.1. The molecule has 0 atom stereocenters. The Hall–Kier alpha value is -3.74. The van der Waals surface area contributed by atoms with E-state index in [2.05, 4.69) is 10.1 Å². The summed E-state index contributed by atoms with van der Waals surface area (Å²) in [6.45, 7) is 0. The molecule has 1 heterocycles. The van der Waals surface area contributed by atoms with Crippen molar-refractivity contribution < 1.29 is 23.2 Å². The summed E-state index contributed by atoms with van der Waals surface area (Å²) in [4.78, 5) is 16.1. The number of hydrogen-bond acceptors (Lipinski definition) is 6. The standard InChI is InChI=1S/C21H17FN2O4/c1-26-13-17(21(25)27-2)16-11-7-6-10-15(16)12-18(22)20-23-19(24-28-20)14-8-4-3-5-9-14/h3-13H,1-2H3. The first-order valence-electron chi connectivity index (χ1n) is 8.31. The molecule has 0 amide bonds. The summed E-state index contributed by atoms with van der Waals surface area (Å²) in [6.07, 6.45) is 2.46. The highest BCUT2D eigenvalue weighted by Crippen LogP contribution is 2.27. The third-order valence-electron chi connectivity index (χ3n) is 3.84. The smallest absolute Gasteiger partial charge is 0.341 e. The van der Waals surface area contributed by atoms with Crippen LogP contribution in [0.3, 0.4) is 0 Å². The van der Waals surface area contributed by atoms with Crippen molar-refractivity contribution in [2.45, 2.75) is 0 Å². The van der Waals surface area contributed by atoms with Gasteiger partial charge in [0.1, 0.15) is 5.57 Å². The lowest BCUT2D eigenvalue weighted by atomic mass is 10.00. The minimum atomic E-state index is -0.733. The third kappa shape index (κ3) is 4.15. The molecule has 7 heteroatoms. The van der Waals surface area contributed by atoms with Gasteiger partial charge < -0.3 is 14.0 Å². The van der Waals surface area contributed by atoms with E-state index in [4.69, 9.17) is 14.0 Å². The molecule has 142 valence electrons. The Morgan fingerprint density at radius 1 is 1.07 bits per heavy atom. The van der Waals surface area contributed by atoms with E-state index >= 15 is 0 Å². The number of esters is 1. The zero-order valence-corrected chi connectivity index (χ0v) is 15.3. The Labute approximate surface area is 160 Å². The van der Waals surface area contributed by atoms with Crippen LogP contribution in [0, 0.1) is 0 Å². The Kier molecular flexibility index (Phi) is 5.96. The molecule has 0 N–H and O–H groups in total. The highest BCUT2D eigenvalue weighted by molar-refractivity contribution is 6.17. The largest absolute Gasteiger partial charge is 0.503 e. The van der Waals surface area contributed by atoms with Gasteiger partial charge in [0.05, 0.1) is 20.5 Å². The van der Waals surface area contributed by atoms with E-state index in [0.29, 0.717) is 16.7 Å². The molecule has 6 nitrogen and oxygen atoms in total. The summed E-state index contributed by atoms with van der Waals surface area (Å²) < 4.78 is 29.5. The van der Waals surface area contributed by atoms with E-state index in [-0.39, 0.29) is 17.3 Å². The van der Waals surface area contributed by atoms with E-state index in [1.54, 1.807) is 36.4 Å². The van der Waals surface area contributed by atoms with E-state index in [1.165, 1.54) is 26.6 Å². The molecule has 28 heavy (non-hydrogen) atoms. The second-order valence-electron chi connectivity index (χ2n) is 5.63. The predicted octanol–water partition coefficient (Wildman–Crippen LogP) is 4.36. The quantitative estimate of drug-likeness (QED) is 0.359. The molecule has 0 fully saturated rings. The first-order valence-corrected chi connectivity index (χ1v) is 8.31. The molecule has 3 aromatic rings. The molecule has 0 bridgehead atoms. The maximum absolute atomic E-state index is 14.8. The number of ether oxygens (including phenoxy) is 2. The lowest BCUT2D eigenvalue weighted by Gasteiger charge is -2.09.